The van der Waals surface area contributed by atoms with E-state index in [1.165, 1.54) is 4.90 Å². The molecule has 2 saturated heterocycles. The van der Waals surface area contributed by atoms with Crippen molar-refractivity contribution in [2.75, 3.05) is 44.2 Å². The van der Waals surface area contributed by atoms with E-state index in [0.717, 1.165) is 31.6 Å². The molecule has 4 rings (SSSR count). The zero-order valence-electron chi connectivity index (χ0n) is 18.2. The van der Waals surface area contributed by atoms with Crippen LogP contribution in [0.4, 0.5) is 10.5 Å². The highest BCUT2D eigenvalue weighted by Crippen LogP contribution is 2.41. The number of rotatable bonds is 4. The number of carbonyl (C=O) groups excluding carboxylic acids is 2. The van der Waals surface area contributed by atoms with Gasteiger partial charge in [-0.1, -0.05) is 18.2 Å². The van der Waals surface area contributed by atoms with Gasteiger partial charge in [-0.05, 0) is 49.7 Å². The lowest BCUT2D eigenvalue weighted by atomic mass is 9.69. The number of anilines is 1. The van der Waals surface area contributed by atoms with Gasteiger partial charge in [0.1, 0.15) is 0 Å². The van der Waals surface area contributed by atoms with E-state index in [1.807, 2.05) is 23.1 Å². The molecule has 2 heterocycles. The zero-order chi connectivity index (χ0) is 22.7. The van der Waals surface area contributed by atoms with Crippen molar-refractivity contribution in [3.05, 3.63) is 30.3 Å². The predicted octanol–water partition coefficient (Wildman–Crippen LogP) is 1.87. The highest BCUT2D eigenvalue weighted by atomic mass is 16.5. The first kappa shape index (κ1) is 22.4. The van der Waals surface area contributed by atoms with Crippen molar-refractivity contribution in [1.82, 2.24) is 15.3 Å². The molecule has 3 amide bonds. The molecule has 9 heteroatoms. The molecule has 4 atom stereocenters. The van der Waals surface area contributed by atoms with E-state index in [1.54, 1.807) is 5.48 Å². The maximum Gasteiger partial charge on any atom is 0.407 e. The molecule has 0 radical (unpaired) electrons. The quantitative estimate of drug-likeness (QED) is 0.483. The standard InChI is InChI=1S/C23H32N4O5/c28-21(24-32)20-14-16(17-8-9-27(15-17)23(30)31)6-7-19(20)22(29)26-12-10-25(11-13-26)18-4-2-1-3-5-18/h1-5,16-17,19-20,32H,6-15H2,(H,24,28)(H,30,31)/t16-,17-,19+,20?/m1/s1. The average Bonchev–Trinajstić information content (AvgIpc) is 3.34. The first-order valence-corrected chi connectivity index (χ1v) is 11.5. The minimum Gasteiger partial charge on any atom is -0.465 e. The number of likely N-dealkylation sites (tertiary alicyclic amines) is 1. The zero-order valence-corrected chi connectivity index (χ0v) is 18.2. The fraction of sp³-hybridized carbons (Fsp3) is 0.609. The number of piperazine rings is 1. The highest BCUT2D eigenvalue weighted by molar-refractivity contribution is 5.87. The van der Waals surface area contributed by atoms with E-state index in [-0.39, 0.29) is 17.7 Å². The molecule has 32 heavy (non-hydrogen) atoms. The molecule has 3 N–H and O–H groups in total. The number of para-hydroxylation sites is 1. The van der Waals surface area contributed by atoms with Crippen LogP contribution in [0, 0.1) is 23.7 Å². The Labute approximate surface area is 187 Å². The van der Waals surface area contributed by atoms with Crippen molar-refractivity contribution < 1.29 is 24.7 Å². The number of hydroxylamine groups is 1. The Kier molecular flexibility index (Phi) is 6.83. The van der Waals surface area contributed by atoms with Gasteiger partial charge in [0, 0.05) is 50.9 Å². The molecule has 1 saturated carbocycles. The van der Waals surface area contributed by atoms with Crippen LogP contribution < -0.4 is 10.4 Å². The Morgan fingerprint density at radius 1 is 0.844 bits per heavy atom. The van der Waals surface area contributed by atoms with Crippen molar-refractivity contribution in [3.8, 4) is 0 Å². The topological polar surface area (TPSA) is 113 Å². The molecule has 0 aromatic heterocycles. The average molecular weight is 445 g/mol. The van der Waals surface area contributed by atoms with Crippen LogP contribution in [-0.4, -0.2) is 77.3 Å². The summed E-state index contributed by atoms with van der Waals surface area (Å²) in [7, 11) is 0. The molecule has 1 unspecified atom stereocenters. The Hall–Kier alpha value is -2.81. The van der Waals surface area contributed by atoms with Gasteiger partial charge in [-0.15, -0.1) is 0 Å². The van der Waals surface area contributed by atoms with Gasteiger partial charge in [-0.2, -0.15) is 0 Å². The Balaban J connectivity index is 1.38. The molecule has 174 valence electrons. The van der Waals surface area contributed by atoms with Crippen molar-refractivity contribution in [3.63, 3.8) is 0 Å². The molecule has 9 nitrogen and oxygen atoms in total. The minimum atomic E-state index is -0.907. The highest BCUT2D eigenvalue weighted by Gasteiger charge is 2.44. The van der Waals surface area contributed by atoms with Gasteiger partial charge in [0.15, 0.2) is 0 Å². The van der Waals surface area contributed by atoms with Crippen LogP contribution >= 0.6 is 0 Å². The molecular weight excluding hydrogens is 412 g/mol. The number of benzene rings is 1. The third kappa shape index (κ3) is 4.67. The van der Waals surface area contributed by atoms with Crippen molar-refractivity contribution in [2.45, 2.75) is 25.7 Å². The maximum atomic E-state index is 13.4. The van der Waals surface area contributed by atoms with Gasteiger partial charge in [0.25, 0.3) is 0 Å². The molecule has 2 aliphatic heterocycles. The smallest absolute Gasteiger partial charge is 0.407 e. The molecule has 1 aliphatic carbocycles. The summed E-state index contributed by atoms with van der Waals surface area (Å²) < 4.78 is 0. The second kappa shape index (κ2) is 9.77. The van der Waals surface area contributed by atoms with Crippen molar-refractivity contribution in [2.24, 2.45) is 23.7 Å². The number of carbonyl (C=O) groups is 3. The van der Waals surface area contributed by atoms with Gasteiger partial charge >= 0.3 is 6.09 Å². The summed E-state index contributed by atoms with van der Waals surface area (Å²) in [5, 5.41) is 18.5. The van der Waals surface area contributed by atoms with E-state index in [4.69, 9.17) is 0 Å². The van der Waals surface area contributed by atoms with E-state index in [0.29, 0.717) is 39.0 Å². The van der Waals surface area contributed by atoms with Gasteiger partial charge in [0.05, 0.1) is 5.92 Å². The summed E-state index contributed by atoms with van der Waals surface area (Å²) in [6.07, 6.45) is 1.77. The summed E-state index contributed by atoms with van der Waals surface area (Å²) in [6.45, 7) is 3.70. The minimum absolute atomic E-state index is 0.0108. The third-order valence-electron chi connectivity index (χ3n) is 7.53. The first-order valence-electron chi connectivity index (χ1n) is 11.5. The van der Waals surface area contributed by atoms with E-state index < -0.39 is 23.8 Å². The van der Waals surface area contributed by atoms with Crippen molar-refractivity contribution >= 4 is 23.6 Å². The summed E-state index contributed by atoms with van der Waals surface area (Å²) in [6, 6.07) is 10.1. The maximum absolute atomic E-state index is 13.4. The van der Waals surface area contributed by atoms with Gasteiger partial charge in [-0.25, -0.2) is 10.3 Å². The number of hydrogen-bond donors (Lipinski definition) is 3. The molecule has 1 aromatic carbocycles. The van der Waals surface area contributed by atoms with Crippen LogP contribution in [0.2, 0.25) is 0 Å². The lowest BCUT2D eigenvalue weighted by Crippen LogP contribution is -2.53. The summed E-state index contributed by atoms with van der Waals surface area (Å²) in [5.41, 5.74) is 2.91. The predicted molar refractivity (Wildman–Crippen MR) is 117 cm³/mol. The van der Waals surface area contributed by atoms with Gasteiger partial charge < -0.3 is 19.8 Å². The van der Waals surface area contributed by atoms with Crippen LogP contribution in [0.3, 0.4) is 0 Å². The van der Waals surface area contributed by atoms with Gasteiger partial charge in [0.2, 0.25) is 11.8 Å². The second-order valence-electron chi connectivity index (χ2n) is 9.19. The van der Waals surface area contributed by atoms with Crippen LogP contribution in [0.5, 0.6) is 0 Å². The van der Waals surface area contributed by atoms with Gasteiger partial charge in [-0.3, -0.25) is 14.8 Å². The number of amides is 3. The Morgan fingerprint density at radius 3 is 2.19 bits per heavy atom. The summed E-state index contributed by atoms with van der Waals surface area (Å²) >= 11 is 0. The lowest BCUT2D eigenvalue weighted by Gasteiger charge is -2.41. The fourth-order valence-electron chi connectivity index (χ4n) is 5.70. The number of hydrogen-bond acceptors (Lipinski definition) is 5. The summed E-state index contributed by atoms with van der Waals surface area (Å²) in [4.78, 5) is 42.6. The largest absolute Gasteiger partial charge is 0.465 e. The van der Waals surface area contributed by atoms with E-state index in [2.05, 4.69) is 17.0 Å². The fourth-order valence-corrected chi connectivity index (χ4v) is 5.70. The molecule has 0 spiro atoms. The second-order valence-corrected chi connectivity index (χ2v) is 9.19. The molecular formula is C23H32N4O5. The molecule has 1 aromatic rings. The Bertz CT molecular complexity index is 827. The number of nitrogens with one attached hydrogen (secondary N) is 1. The number of nitrogens with zero attached hydrogens (tertiary/aromatic N) is 3. The van der Waals surface area contributed by atoms with Crippen LogP contribution in [-0.2, 0) is 9.59 Å². The van der Waals surface area contributed by atoms with Crippen LogP contribution in [0.15, 0.2) is 30.3 Å². The van der Waals surface area contributed by atoms with Crippen LogP contribution in [0.1, 0.15) is 25.7 Å². The van der Waals surface area contributed by atoms with E-state index >= 15 is 0 Å². The lowest BCUT2D eigenvalue weighted by molar-refractivity contribution is -0.148. The SMILES string of the molecule is O=C(NO)C1C[C@H]([C@@H]2CCN(C(=O)O)C2)CC[C@@H]1C(=O)N1CCN(c2ccccc2)CC1. The number of carboxylic acid groups (broad SMARTS) is 1. The molecule has 0 bridgehead atoms. The normalized spacial score (nSPS) is 28.5. The van der Waals surface area contributed by atoms with Crippen LogP contribution in [0.25, 0.3) is 0 Å². The van der Waals surface area contributed by atoms with Crippen molar-refractivity contribution in [1.29, 1.82) is 0 Å². The monoisotopic (exact) mass is 444 g/mol. The van der Waals surface area contributed by atoms with E-state index in [9.17, 15) is 24.7 Å². The summed E-state index contributed by atoms with van der Waals surface area (Å²) in [5.74, 6) is -1.17. The third-order valence-corrected chi connectivity index (χ3v) is 7.53. The molecule has 3 fully saturated rings. The Morgan fingerprint density at radius 2 is 1.56 bits per heavy atom. The molecule has 3 aliphatic rings. The first-order chi connectivity index (χ1) is 15.5.